The molecule has 18 heavy (non-hydrogen) atoms. The van der Waals surface area contributed by atoms with Crippen molar-refractivity contribution in [3.8, 4) is 0 Å². The number of carbonyl (C=O) groups excluding carboxylic acids is 1. The Bertz CT molecular complexity index is 373. The van der Waals surface area contributed by atoms with E-state index in [2.05, 4.69) is 36.5 Å². The Labute approximate surface area is 115 Å². The highest BCUT2D eigenvalue weighted by Crippen LogP contribution is 2.07. The lowest BCUT2D eigenvalue weighted by atomic mass is 10.1. The van der Waals surface area contributed by atoms with E-state index in [1.165, 1.54) is 11.1 Å². The van der Waals surface area contributed by atoms with E-state index in [9.17, 15) is 4.79 Å². The maximum Gasteiger partial charge on any atom is 0.220 e. The molecule has 0 saturated heterocycles. The van der Waals surface area contributed by atoms with E-state index >= 15 is 0 Å². The van der Waals surface area contributed by atoms with Crippen LogP contribution in [0.15, 0.2) is 24.3 Å². The average Bonchev–Trinajstić information content (AvgIpc) is 2.27. The molecule has 1 aromatic rings. The summed E-state index contributed by atoms with van der Waals surface area (Å²) in [6.07, 6.45) is 2.12. The van der Waals surface area contributed by atoms with Crippen molar-refractivity contribution in [1.29, 1.82) is 0 Å². The predicted octanol–water partition coefficient (Wildman–Crippen LogP) is 3.45. The summed E-state index contributed by atoms with van der Waals surface area (Å²) >= 11 is 5.89. The molecule has 1 amide bonds. The molecule has 0 bridgehead atoms. The lowest BCUT2D eigenvalue weighted by Gasteiger charge is -2.14. The number of benzene rings is 1. The summed E-state index contributed by atoms with van der Waals surface area (Å²) < 4.78 is 0. The topological polar surface area (TPSA) is 29.1 Å². The van der Waals surface area contributed by atoms with Gasteiger partial charge in [-0.05, 0) is 39.2 Å². The molecule has 0 radical (unpaired) electrons. The average molecular weight is 268 g/mol. The number of aryl methyl sites for hydroxylation is 2. The van der Waals surface area contributed by atoms with E-state index in [-0.39, 0.29) is 17.3 Å². The van der Waals surface area contributed by atoms with Gasteiger partial charge in [-0.1, -0.05) is 29.8 Å². The van der Waals surface area contributed by atoms with Crippen LogP contribution < -0.4 is 5.32 Å². The van der Waals surface area contributed by atoms with E-state index in [1.807, 2.05) is 13.8 Å². The van der Waals surface area contributed by atoms with Crippen molar-refractivity contribution in [2.24, 2.45) is 0 Å². The molecular weight excluding hydrogens is 246 g/mol. The third kappa shape index (κ3) is 6.06. The van der Waals surface area contributed by atoms with Gasteiger partial charge in [-0.3, -0.25) is 4.79 Å². The minimum absolute atomic E-state index is 0.0948. The third-order valence-electron chi connectivity index (χ3n) is 2.85. The number of carbonyl (C=O) groups is 1. The Hall–Kier alpha value is -1.02. The predicted molar refractivity (Wildman–Crippen MR) is 77.0 cm³/mol. The zero-order valence-corrected chi connectivity index (χ0v) is 12.1. The fraction of sp³-hybridized carbons (Fsp3) is 0.533. The maximum atomic E-state index is 11.7. The Kier molecular flexibility index (Phi) is 6.20. The van der Waals surface area contributed by atoms with Crippen LogP contribution in [0, 0.1) is 6.92 Å². The van der Waals surface area contributed by atoms with Crippen LogP contribution in [0.25, 0.3) is 0 Å². The zero-order valence-electron chi connectivity index (χ0n) is 11.4. The van der Waals surface area contributed by atoms with Crippen molar-refractivity contribution in [2.75, 3.05) is 0 Å². The normalized spacial score (nSPS) is 14.0. The first-order valence-electron chi connectivity index (χ1n) is 6.46. The number of amides is 1. The number of rotatable bonds is 6. The largest absolute Gasteiger partial charge is 0.354 e. The third-order valence-corrected chi connectivity index (χ3v) is 3.03. The molecule has 2 atom stereocenters. The fourth-order valence-corrected chi connectivity index (χ4v) is 2.17. The smallest absolute Gasteiger partial charge is 0.220 e. The van der Waals surface area contributed by atoms with Gasteiger partial charge in [-0.2, -0.15) is 0 Å². The van der Waals surface area contributed by atoms with Crippen molar-refractivity contribution >= 4 is 17.5 Å². The van der Waals surface area contributed by atoms with Gasteiger partial charge in [0.1, 0.15) is 0 Å². The molecule has 1 aromatic carbocycles. The monoisotopic (exact) mass is 267 g/mol. The molecule has 0 aliphatic rings. The van der Waals surface area contributed by atoms with E-state index in [4.69, 9.17) is 11.6 Å². The van der Waals surface area contributed by atoms with Crippen molar-refractivity contribution in [3.63, 3.8) is 0 Å². The van der Waals surface area contributed by atoms with Gasteiger partial charge in [0.2, 0.25) is 5.91 Å². The van der Waals surface area contributed by atoms with E-state index in [1.54, 1.807) is 0 Å². The number of hydrogen-bond acceptors (Lipinski definition) is 1. The Morgan fingerprint density at radius 1 is 1.28 bits per heavy atom. The minimum atomic E-state index is 0.0948. The molecule has 1 N–H and O–H groups in total. The van der Waals surface area contributed by atoms with E-state index in [0.29, 0.717) is 6.42 Å². The minimum Gasteiger partial charge on any atom is -0.354 e. The van der Waals surface area contributed by atoms with Crippen molar-refractivity contribution in [2.45, 2.75) is 51.5 Å². The van der Waals surface area contributed by atoms with Gasteiger partial charge < -0.3 is 5.32 Å². The van der Waals surface area contributed by atoms with Gasteiger partial charge in [-0.15, -0.1) is 11.6 Å². The van der Waals surface area contributed by atoms with Crippen molar-refractivity contribution in [3.05, 3.63) is 35.4 Å². The molecule has 0 fully saturated rings. The van der Waals surface area contributed by atoms with Crippen LogP contribution >= 0.6 is 11.6 Å². The first-order chi connectivity index (χ1) is 8.47. The van der Waals surface area contributed by atoms with Gasteiger partial charge in [0.15, 0.2) is 0 Å². The molecule has 2 unspecified atom stereocenters. The van der Waals surface area contributed by atoms with Crippen LogP contribution in [0.1, 0.15) is 37.8 Å². The summed E-state index contributed by atoms with van der Waals surface area (Å²) in [6, 6.07) is 8.44. The van der Waals surface area contributed by atoms with Gasteiger partial charge in [0, 0.05) is 17.8 Å². The molecule has 0 saturated carbocycles. The van der Waals surface area contributed by atoms with Gasteiger partial charge in [0.05, 0.1) is 0 Å². The zero-order chi connectivity index (χ0) is 13.5. The van der Waals surface area contributed by atoms with Crippen molar-refractivity contribution < 1.29 is 4.79 Å². The summed E-state index contributed by atoms with van der Waals surface area (Å²) in [4.78, 5) is 11.7. The Morgan fingerprint density at radius 2 is 1.89 bits per heavy atom. The van der Waals surface area contributed by atoms with E-state index < -0.39 is 0 Å². The van der Waals surface area contributed by atoms with Gasteiger partial charge in [0.25, 0.3) is 0 Å². The number of nitrogens with one attached hydrogen (secondary N) is 1. The first-order valence-corrected chi connectivity index (χ1v) is 6.90. The Balaban J connectivity index is 2.30. The summed E-state index contributed by atoms with van der Waals surface area (Å²) in [5.74, 6) is 0.0976. The second-order valence-corrected chi connectivity index (χ2v) is 5.72. The SMILES string of the molecule is Cc1ccc(CCC(=O)NC(C)CC(C)Cl)cc1. The summed E-state index contributed by atoms with van der Waals surface area (Å²) in [5, 5.41) is 3.06. The maximum absolute atomic E-state index is 11.7. The number of hydrogen-bond donors (Lipinski definition) is 1. The highest BCUT2D eigenvalue weighted by atomic mass is 35.5. The van der Waals surface area contributed by atoms with Crippen LogP contribution in [0.4, 0.5) is 0 Å². The lowest BCUT2D eigenvalue weighted by molar-refractivity contribution is -0.121. The summed E-state index contributed by atoms with van der Waals surface area (Å²) in [6.45, 7) is 5.99. The standard InChI is InChI=1S/C15H22ClNO/c1-11-4-6-14(7-5-11)8-9-15(18)17-13(3)10-12(2)16/h4-7,12-13H,8-10H2,1-3H3,(H,17,18). The van der Waals surface area contributed by atoms with Crippen LogP contribution in [0.3, 0.4) is 0 Å². The van der Waals surface area contributed by atoms with Crippen LogP contribution in [-0.2, 0) is 11.2 Å². The summed E-state index contributed by atoms with van der Waals surface area (Å²) in [7, 11) is 0. The van der Waals surface area contributed by atoms with Crippen LogP contribution in [-0.4, -0.2) is 17.3 Å². The fourth-order valence-electron chi connectivity index (χ4n) is 1.91. The molecule has 0 heterocycles. The second kappa shape index (κ2) is 7.42. The molecule has 1 rings (SSSR count). The number of halogens is 1. The quantitative estimate of drug-likeness (QED) is 0.786. The second-order valence-electron chi connectivity index (χ2n) is 4.97. The van der Waals surface area contributed by atoms with Gasteiger partial charge in [-0.25, -0.2) is 0 Å². The molecular formula is C15H22ClNO. The van der Waals surface area contributed by atoms with Crippen molar-refractivity contribution in [1.82, 2.24) is 5.32 Å². The number of alkyl halides is 1. The molecule has 2 nitrogen and oxygen atoms in total. The van der Waals surface area contributed by atoms with Crippen LogP contribution in [0.5, 0.6) is 0 Å². The van der Waals surface area contributed by atoms with Gasteiger partial charge >= 0.3 is 0 Å². The summed E-state index contributed by atoms with van der Waals surface area (Å²) in [5.41, 5.74) is 2.45. The molecule has 3 heteroatoms. The molecule has 0 aromatic heterocycles. The molecule has 0 aliphatic heterocycles. The molecule has 0 spiro atoms. The molecule has 0 aliphatic carbocycles. The Morgan fingerprint density at radius 3 is 2.44 bits per heavy atom. The highest BCUT2D eigenvalue weighted by Gasteiger charge is 2.09. The first kappa shape index (κ1) is 15.0. The van der Waals surface area contributed by atoms with Crippen LogP contribution in [0.2, 0.25) is 0 Å². The lowest BCUT2D eigenvalue weighted by Crippen LogP contribution is -2.34. The van der Waals surface area contributed by atoms with E-state index in [0.717, 1.165) is 12.8 Å². The molecule has 100 valence electrons. The highest BCUT2D eigenvalue weighted by molar-refractivity contribution is 6.20.